The topological polar surface area (TPSA) is 46.2 Å². The lowest BCUT2D eigenvalue weighted by molar-refractivity contribution is -0.174. The van der Waals surface area contributed by atoms with Crippen LogP contribution in [-0.4, -0.2) is 17.3 Å². The molecule has 3 atom stereocenters. The maximum Gasteiger partial charge on any atom is 0.0748 e. The van der Waals surface area contributed by atoms with Gasteiger partial charge in [-0.25, -0.2) is 0 Å². The second kappa shape index (κ2) is 7.00. The van der Waals surface area contributed by atoms with Crippen molar-refractivity contribution in [2.45, 2.75) is 90.6 Å². The van der Waals surface area contributed by atoms with Gasteiger partial charge in [0.05, 0.1) is 5.60 Å². The first-order valence-corrected chi connectivity index (χ1v) is 9.37. The molecule has 3 N–H and O–H groups in total. The van der Waals surface area contributed by atoms with Gasteiger partial charge in [0, 0.05) is 12.0 Å². The van der Waals surface area contributed by atoms with Crippen molar-refractivity contribution in [3.8, 4) is 0 Å². The van der Waals surface area contributed by atoms with Crippen molar-refractivity contribution in [1.29, 1.82) is 0 Å². The Kier molecular flexibility index (Phi) is 5.76. The van der Waals surface area contributed by atoms with Gasteiger partial charge in [-0.05, 0) is 43.4 Å². The number of aliphatic hydroxyl groups is 1. The van der Waals surface area contributed by atoms with Gasteiger partial charge in [0.1, 0.15) is 0 Å². The molecule has 2 nitrogen and oxygen atoms in total. The zero-order valence-corrected chi connectivity index (χ0v) is 14.5. The lowest BCUT2D eigenvalue weighted by Gasteiger charge is -2.56. The van der Waals surface area contributed by atoms with E-state index < -0.39 is 5.60 Å². The lowest BCUT2D eigenvalue weighted by Crippen LogP contribution is -2.60. The molecule has 0 aromatic rings. The first-order chi connectivity index (χ1) is 9.95. The predicted molar refractivity (Wildman–Crippen MR) is 90.1 cm³/mol. The fourth-order valence-corrected chi connectivity index (χ4v) is 5.38. The minimum absolute atomic E-state index is 0.0307. The third kappa shape index (κ3) is 3.32. The van der Waals surface area contributed by atoms with E-state index in [1.807, 2.05) is 0 Å². The van der Waals surface area contributed by atoms with Crippen molar-refractivity contribution in [3.05, 3.63) is 0 Å². The van der Waals surface area contributed by atoms with Crippen molar-refractivity contribution < 1.29 is 5.11 Å². The highest BCUT2D eigenvalue weighted by molar-refractivity contribution is 5.06. The van der Waals surface area contributed by atoms with Crippen LogP contribution in [0.5, 0.6) is 0 Å². The van der Waals surface area contributed by atoms with E-state index in [2.05, 4.69) is 20.8 Å². The predicted octanol–water partition coefficient (Wildman–Crippen LogP) is 4.50. The molecule has 2 heteroatoms. The molecule has 21 heavy (non-hydrogen) atoms. The van der Waals surface area contributed by atoms with Crippen LogP contribution < -0.4 is 5.73 Å². The molecule has 0 aromatic carbocycles. The molecule has 0 radical (unpaired) electrons. The van der Waals surface area contributed by atoms with Gasteiger partial charge in [0.2, 0.25) is 0 Å². The largest absolute Gasteiger partial charge is 0.389 e. The van der Waals surface area contributed by atoms with Gasteiger partial charge in [0.15, 0.2) is 0 Å². The fraction of sp³-hybridized carbons (Fsp3) is 1.00. The Morgan fingerprint density at radius 1 is 1.05 bits per heavy atom. The molecule has 124 valence electrons. The Morgan fingerprint density at radius 2 is 1.62 bits per heavy atom. The van der Waals surface area contributed by atoms with Crippen LogP contribution in [0.2, 0.25) is 0 Å². The molecule has 0 spiro atoms. The molecule has 0 heterocycles. The summed E-state index contributed by atoms with van der Waals surface area (Å²) >= 11 is 0. The van der Waals surface area contributed by atoms with Crippen molar-refractivity contribution in [2.75, 3.05) is 6.54 Å². The van der Waals surface area contributed by atoms with E-state index in [0.29, 0.717) is 24.3 Å². The van der Waals surface area contributed by atoms with Crippen molar-refractivity contribution >= 4 is 0 Å². The molecule has 2 rings (SSSR count). The van der Waals surface area contributed by atoms with Gasteiger partial charge >= 0.3 is 0 Å². The highest BCUT2D eigenvalue weighted by atomic mass is 16.3. The van der Waals surface area contributed by atoms with Crippen molar-refractivity contribution in [3.63, 3.8) is 0 Å². The third-order valence-corrected chi connectivity index (χ3v) is 6.67. The number of hydrogen-bond donors (Lipinski definition) is 2. The summed E-state index contributed by atoms with van der Waals surface area (Å²) in [5.74, 6) is 1.62. The van der Waals surface area contributed by atoms with Crippen LogP contribution in [0.3, 0.4) is 0 Å². The normalized spacial score (nSPS) is 38.0. The van der Waals surface area contributed by atoms with E-state index >= 15 is 0 Å². The Hall–Kier alpha value is -0.0800. The SMILES string of the molecule is CC1CCC(C(C)C)C(O)(C2(CN)CCCCCCC2)C1. The molecule has 2 aliphatic rings. The summed E-state index contributed by atoms with van der Waals surface area (Å²) in [7, 11) is 0. The van der Waals surface area contributed by atoms with Crippen molar-refractivity contribution in [2.24, 2.45) is 28.9 Å². The molecular weight excluding hydrogens is 258 g/mol. The van der Waals surface area contributed by atoms with E-state index in [-0.39, 0.29) is 5.41 Å². The molecule has 2 fully saturated rings. The molecule has 0 bridgehead atoms. The fourth-order valence-electron chi connectivity index (χ4n) is 5.38. The first kappa shape index (κ1) is 17.3. The average Bonchev–Trinajstić information content (AvgIpc) is 2.38. The van der Waals surface area contributed by atoms with Crippen LogP contribution in [0.25, 0.3) is 0 Å². The maximum absolute atomic E-state index is 11.9. The van der Waals surface area contributed by atoms with E-state index in [0.717, 1.165) is 19.3 Å². The van der Waals surface area contributed by atoms with Crippen LogP contribution in [-0.2, 0) is 0 Å². The highest BCUT2D eigenvalue weighted by Gasteiger charge is 2.55. The van der Waals surface area contributed by atoms with Gasteiger partial charge in [-0.3, -0.25) is 0 Å². The van der Waals surface area contributed by atoms with Gasteiger partial charge in [-0.15, -0.1) is 0 Å². The second-order valence-electron chi connectivity index (χ2n) is 8.41. The minimum atomic E-state index is -0.537. The third-order valence-electron chi connectivity index (χ3n) is 6.67. The molecule has 0 aliphatic heterocycles. The number of hydrogen-bond acceptors (Lipinski definition) is 2. The first-order valence-electron chi connectivity index (χ1n) is 9.37. The molecule has 3 unspecified atom stereocenters. The van der Waals surface area contributed by atoms with Crippen LogP contribution in [0.4, 0.5) is 0 Å². The minimum Gasteiger partial charge on any atom is -0.389 e. The van der Waals surface area contributed by atoms with E-state index in [1.54, 1.807) is 0 Å². The monoisotopic (exact) mass is 295 g/mol. The van der Waals surface area contributed by atoms with Crippen LogP contribution >= 0.6 is 0 Å². The Bertz CT molecular complexity index is 320. The zero-order valence-electron chi connectivity index (χ0n) is 14.5. The summed E-state index contributed by atoms with van der Waals surface area (Å²) in [5.41, 5.74) is 5.76. The Balaban J connectivity index is 2.33. The van der Waals surface area contributed by atoms with Gasteiger partial charge < -0.3 is 10.8 Å². The summed E-state index contributed by atoms with van der Waals surface area (Å²) in [6.45, 7) is 7.56. The Morgan fingerprint density at radius 3 is 2.14 bits per heavy atom. The van der Waals surface area contributed by atoms with E-state index in [9.17, 15) is 5.11 Å². The van der Waals surface area contributed by atoms with E-state index in [4.69, 9.17) is 5.73 Å². The number of rotatable bonds is 3. The standard InChI is InChI=1S/C19H37NO/c1-15(2)17-10-9-16(3)13-19(17,21)18(14-20)11-7-5-4-6-8-12-18/h15-17,21H,4-14,20H2,1-3H3. The van der Waals surface area contributed by atoms with Gasteiger partial charge in [-0.2, -0.15) is 0 Å². The average molecular weight is 296 g/mol. The van der Waals surface area contributed by atoms with Crippen molar-refractivity contribution in [1.82, 2.24) is 0 Å². The second-order valence-corrected chi connectivity index (χ2v) is 8.41. The summed E-state index contributed by atoms with van der Waals surface area (Å²) in [5, 5.41) is 11.9. The lowest BCUT2D eigenvalue weighted by atomic mass is 9.53. The summed E-state index contributed by atoms with van der Waals surface area (Å²) < 4.78 is 0. The van der Waals surface area contributed by atoms with Crippen LogP contribution in [0, 0.1) is 23.2 Å². The maximum atomic E-state index is 11.9. The van der Waals surface area contributed by atoms with E-state index in [1.165, 1.54) is 44.9 Å². The summed E-state index contributed by atoms with van der Waals surface area (Å²) in [6.07, 6.45) is 12.2. The Labute approximate surface area is 131 Å². The molecule has 0 amide bonds. The summed E-state index contributed by atoms with van der Waals surface area (Å²) in [4.78, 5) is 0. The quantitative estimate of drug-likeness (QED) is 0.805. The number of nitrogens with two attached hydrogens (primary N) is 1. The van der Waals surface area contributed by atoms with Gasteiger partial charge in [0.25, 0.3) is 0 Å². The van der Waals surface area contributed by atoms with Gasteiger partial charge in [-0.1, -0.05) is 59.3 Å². The molecular formula is C19H37NO. The molecule has 2 saturated carbocycles. The van der Waals surface area contributed by atoms with Crippen LogP contribution in [0.1, 0.15) is 85.0 Å². The zero-order chi connectivity index (χ0) is 15.5. The molecule has 0 aromatic heterocycles. The highest BCUT2D eigenvalue weighted by Crippen LogP contribution is 2.54. The molecule has 2 aliphatic carbocycles. The smallest absolute Gasteiger partial charge is 0.0748 e. The van der Waals surface area contributed by atoms with Crippen LogP contribution in [0.15, 0.2) is 0 Å². The summed E-state index contributed by atoms with van der Waals surface area (Å²) in [6, 6.07) is 0. The molecule has 0 saturated heterocycles.